The largest absolute Gasteiger partial charge is 0.288 e. The van der Waals surface area contributed by atoms with E-state index < -0.39 is 23.0 Å². The molecule has 20 heavy (non-hydrogen) atoms. The first kappa shape index (κ1) is 15.3. The molecule has 2 rings (SSSR count). The summed E-state index contributed by atoms with van der Waals surface area (Å²) in [5.41, 5.74) is 0.836. The van der Waals surface area contributed by atoms with E-state index in [9.17, 15) is 13.6 Å². The highest BCUT2D eigenvalue weighted by molar-refractivity contribution is 9.11. The molecule has 0 saturated carbocycles. The summed E-state index contributed by atoms with van der Waals surface area (Å²) in [6, 6.07) is 5.69. The molecule has 0 amide bonds. The lowest BCUT2D eigenvalue weighted by molar-refractivity contribution is 0.103. The molecule has 0 unspecified atom stereocenters. The zero-order chi connectivity index (χ0) is 15.0. The third-order valence-electron chi connectivity index (χ3n) is 3.00. The summed E-state index contributed by atoms with van der Waals surface area (Å²) in [4.78, 5) is 12.4. The monoisotopic (exact) mass is 402 g/mol. The number of carbonyl (C=O) groups is 1. The number of halogens is 4. The van der Waals surface area contributed by atoms with Gasteiger partial charge < -0.3 is 0 Å². The first-order valence-corrected chi connectivity index (χ1v) is 7.36. The van der Waals surface area contributed by atoms with Crippen LogP contribution in [0.25, 0.3) is 0 Å². The van der Waals surface area contributed by atoms with E-state index in [1.807, 2.05) is 6.92 Å². The van der Waals surface area contributed by atoms with Gasteiger partial charge in [0, 0.05) is 14.5 Å². The SMILES string of the molecule is Cc1cc(Br)c(C(=O)c2c(F)ccc(C)c2F)cc1Br. The van der Waals surface area contributed by atoms with Crippen LogP contribution in [-0.4, -0.2) is 5.78 Å². The maximum Gasteiger partial charge on any atom is 0.200 e. The standard InChI is InChI=1S/C15H10Br2F2O/c1-7-3-4-12(18)13(14(7)19)15(20)9-6-10(16)8(2)5-11(9)17/h3-6H,1-2H3. The third-order valence-corrected chi connectivity index (χ3v) is 4.51. The highest BCUT2D eigenvalue weighted by Gasteiger charge is 2.22. The molecule has 0 aliphatic rings. The van der Waals surface area contributed by atoms with Crippen molar-refractivity contribution < 1.29 is 13.6 Å². The molecule has 0 aromatic heterocycles. The minimum absolute atomic E-state index is 0.214. The molecule has 0 radical (unpaired) electrons. The first-order valence-electron chi connectivity index (χ1n) is 5.78. The molecule has 104 valence electrons. The van der Waals surface area contributed by atoms with Crippen LogP contribution in [0.15, 0.2) is 33.2 Å². The van der Waals surface area contributed by atoms with E-state index in [1.165, 1.54) is 13.0 Å². The molecule has 0 aliphatic carbocycles. The Bertz CT molecular complexity index is 712. The van der Waals surface area contributed by atoms with E-state index in [0.29, 0.717) is 8.95 Å². The van der Waals surface area contributed by atoms with Gasteiger partial charge in [-0.3, -0.25) is 4.79 Å². The highest BCUT2D eigenvalue weighted by atomic mass is 79.9. The fraction of sp³-hybridized carbons (Fsp3) is 0.133. The second-order valence-corrected chi connectivity index (χ2v) is 6.17. The predicted octanol–water partition coefficient (Wildman–Crippen LogP) is 5.34. The molecule has 0 N–H and O–H groups in total. The number of ketones is 1. The predicted molar refractivity (Wildman–Crippen MR) is 81.1 cm³/mol. The smallest absolute Gasteiger partial charge is 0.200 e. The topological polar surface area (TPSA) is 17.1 Å². The quantitative estimate of drug-likeness (QED) is 0.618. The molecule has 0 saturated heterocycles. The normalized spacial score (nSPS) is 10.7. The summed E-state index contributed by atoms with van der Waals surface area (Å²) in [5.74, 6) is -2.36. The van der Waals surface area contributed by atoms with Crippen molar-refractivity contribution in [3.63, 3.8) is 0 Å². The molecule has 0 bridgehead atoms. The Morgan fingerprint density at radius 2 is 1.65 bits per heavy atom. The lowest BCUT2D eigenvalue weighted by Crippen LogP contribution is -2.10. The molecule has 0 aliphatic heterocycles. The molecule has 5 heteroatoms. The number of hydrogen-bond acceptors (Lipinski definition) is 1. The Morgan fingerprint density at radius 1 is 1.00 bits per heavy atom. The Hall–Kier alpha value is -1.07. The van der Waals surface area contributed by atoms with Gasteiger partial charge >= 0.3 is 0 Å². The van der Waals surface area contributed by atoms with Crippen molar-refractivity contribution in [2.24, 2.45) is 0 Å². The average Bonchev–Trinajstić information content (AvgIpc) is 2.38. The van der Waals surface area contributed by atoms with Crippen LogP contribution in [0.2, 0.25) is 0 Å². The molecular weight excluding hydrogens is 394 g/mol. The van der Waals surface area contributed by atoms with Crippen molar-refractivity contribution in [3.8, 4) is 0 Å². The van der Waals surface area contributed by atoms with Gasteiger partial charge in [-0.15, -0.1) is 0 Å². The minimum Gasteiger partial charge on any atom is -0.288 e. The van der Waals surface area contributed by atoms with E-state index >= 15 is 0 Å². The van der Waals surface area contributed by atoms with Gasteiger partial charge in [0.2, 0.25) is 0 Å². The van der Waals surface area contributed by atoms with Crippen LogP contribution in [0.4, 0.5) is 8.78 Å². The van der Waals surface area contributed by atoms with Crippen LogP contribution in [0, 0.1) is 25.5 Å². The van der Waals surface area contributed by atoms with Crippen molar-refractivity contribution in [2.75, 3.05) is 0 Å². The maximum atomic E-state index is 14.0. The minimum atomic E-state index is -0.860. The summed E-state index contributed by atoms with van der Waals surface area (Å²) in [7, 11) is 0. The Balaban J connectivity index is 2.64. The van der Waals surface area contributed by atoms with Crippen molar-refractivity contribution >= 4 is 37.6 Å². The lowest BCUT2D eigenvalue weighted by atomic mass is 9.99. The molecule has 0 fully saturated rings. The second-order valence-electron chi connectivity index (χ2n) is 4.46. The summed E-state index contributed by atoms with van der Waals surface area (Å²) in [6.07, 6.45) is 0. The summed E-state index contributed by atoms with van der Waals surface area (Å²) in [6.45, 7) is 3.35. The second kappa shape index (κ2) is 5.74. The zero-order valence-corrected chi connectivity index (χ0v) is 13.9. The third kappa shape index (κ3) is 2.69. The molecule has 2 aromatic carbocycles. The maximum absolute atomic E-state index is 14.0. The molecule has 0 spiro atoms. The zero-order valence-electron chi connectivity index (χ0n) is 10.7. The summed E-state index contributed by atoms with van der Waals surface area (Å²) >= 11 is 6.57. The van der Waals surface area contributed by atoms with Crippen LogP contribution in [0.3, 0.4) is 0 Å². The van der Waals surface area contributed by atoms with Gasteiger partial charge in [-0.2, -0.15) is 0 Å². The number of hydrogen-bond donors (Lipinski definition) is 0. The van der Waals surface area contributed by atoms with Crippen LogP contribution in [0.5, 0.6) is 0 Å². The van der Waals surface area contributed by atoms with Crippen molar-refractivity contribution in [2.45, 2.75) is 13.8 Å². The number of rotatable bonds is 2. The van der Waals surface area contributed by atoms with Crippen molar-refractivity contribution in [3.05, 3.63) is 67.1 Å². The van der Waals surface area contributed by atoms with Crippen LogP contribution in [0.1, 0.15) is 27.0 Å². The van der Waals surface area contributed by atoms with Gasteiger partial charge in [0.25, 0.3) is 0 Å². The van der Waals surface area contributed by atoms with Gasteiger partial charge in [-0.05, 0) is 43.2 Å². The van der Waals surface area contributed by atoms with E-state index in [4.69, 9.17) is 0 Å². The fourth-order valence-electron chi connectivity index (χ4n) is 1.82. The molecule has 0 atom stereocenters. The molecule has 0 heterocycles. The van der Waals surface area contributed by atoms with E-state index in [1.54, 1.807) is 12.1 Å². The number of benzene rings is 2. The Morgan fingerprint density at radius 3 is 2.30 bits per heavy atom. The Kier molecular flexibility index (Phi) is 4.39. The van der Waals surface area contributed by atoms with E-state index in [2.05, 4.69) is 31.9 Å². The summed E-state index contributed by atoms with van der Waals surface area (Å²) in [5, 5.41) is 0. The first-order chi connectivity index (χ1) is 9.32. The van der Waals surface area contributed by atoms with E-state index in [-0.39, 0.29) is 11.1 Å². The van der Waals surface area contributed by atoms with Gasteiger partial charge in [0.1, 0.15) is 11.6 Å². The van der Waals surface area contributed by atoms with Crippen molar-refractivity contribution in [1.82, 2.24) is 0 Å². The average molecular weight is 404 g/mol. The van der Waals surface area contributed by atoms with E-state index in [0.717, 1.165) is 11.6 Å². The highest BCUT2D eigenvalue weighted by Crippen LogP contribution is 2.29. The van der Waals surface area contributed by atoms with Gasteiger partial charge in [-0.25, -0.2) is 8.78 Å². The van der Waals surface area contributed by atoms with Crippen LogP contribution < -0.4 is 0 Å². The van der Waals surface area contributed by atoms with Crippen molar-refractivity contribution in [1.29, 1.82) is 0 Å². The van der Waals surface area contributed by atoms with Crippen LogP contribution >= 0.6 is 31.9 Å². The van der Waals surface area contributed by atoms with Gasteiger partial charge in [-0.1, -0.05) is 37.9 Å². The Labute approximate surface area is 132 Å². The fourth-order valence-corrected chi connectivity index (χ4v) is 2.80. The lowest BCUT2D eigenvalue weighted by Gasteiger charge is -2.10. The van der Waals surface area contributed by atoms with Gasteiger partial charge in [0.15, 0.2) is 5.78 Å². The van der Waals surface area contributed by atoms with Crippen LogP contribution in [-0.2, 0) is 0 Å². The van der Waals surface area contributed by atoms with Gasteiger partial charge in [0.05, 0.1) is 5.56 Å². The summed E-state index contributed by atoms with van der Waals surface area (Å²) < 4.78 is 29.0. The molecule has 2 aromatic rings. The number of carbonyl (C=O) groups excluding carboxylic acids is 1. The number of aryl methyl sites for hydroxylation is 2. The molecule has 1 nitrogen and oxygen atoms in total. The molecular formula is C15H10Br2F2O.